The van der Waals surface area contributed by atoms with Gasteiger partial charge in [-0.2, -0.15) is 0 Å². The number of Topliss-reactive ketones (excluding diaryl/α,β-unsaturated/α-hetero) is 1. The summed E-state index contributed by atoms with van der Waals surface area (Å²) in [5.41, 5.74) is 2.11. The Morgan fingerprint density at radius 3 is 2.72 bits per heavy atom. The zero-order valence-corrected chi connectivity index (χ0v) is 20.4. The van der Waals surface area contributed by atoms with Crippen LogP contribution in [-0.4, -0.2) is 50.9 Å². The predicted molar refractivity (Wildman–Crippen MR) is 134 cm³/mol. The van der Waals surface area contributed by atoms with Crippen molar-refractivity contribution >= 4 is 22.7 Å². The van der Waals surface area contributed by atoms with Gasteiger partial charge in [-0.25, -0.2) is 4.98 Å². The number of phenols is 1. The molecule has 0 saturated carbocycles. The van der Waals surface area contributed by atoms with Crippen molar-refractivity contribution in [3.05, 3.63) is 57.4 Å². The lowest BCUT2D eigenvalue weighted by atomic mass is 9.91. The molecule has 1 fully saturated rings. The van der Waals surface area contributed by atoms with Crippen LogP contribution in [-0.2, 0) is 32.9 Å². The van der Waals surface area contributed by atoms with Crippen molar-refractivity contribution in [2.24, 2.45) is 0 Å². The molecule has 1 aromatic carbocycles. The molecule has 3 aliphatic rings. The van der Waals surface area contributed by atoms with Crippen molar-refractivity contribution in [2.75, 3.05) is 19.6 Å². The summed E-state index contributed by atoms with van der Waals surface area (Å²) in [7, 11) is 0. The summed E-state index contributed by atoms with van der Waals surface area (Å²) in [6.45, 7) is 4.75. The van der Waals surface area contributed by atoms with Gasteiger partial charge in [-0.3, -0.25) is 14.4 Å². The molecule has 0 radical (unpaired) electrons. The Bertz CT molecular complexity index is 1470. The van der Waals surface area contributed by atoms with Crippen molar-refractivity contribution in [1.29, 1.82) is 0 Å². The Hall–Kier alpha value is -3.52. The highest BCUT2D eigenvalue weighted by Crippen LogP contribution is 2.42. The highest BCUT2D eigenvalue weighted by molar-refractivity contribution is 5.97. The molecule has 186 valence electrons. The van der Waals surface area contributed by atoms with Gasteiger partial charge < -0.3 is 19.3 Å². The SMILES string of the molecule is CCC1(OC(=O)CCN2CCCCC2)C(=O)Cc2c1cc1n(c2=O)Cc2cc3cc(O)ccc3nc2-1. The van der Waals surface area contributed by atoms with E-state index in [-0.39, 0.29) is 36.4 Å². The number of aromatic hydroxyl groups is 1. The molecule has 1 unspecified atom stereocenters. The van der Waals surface area contributed by atoms with E-state index in [1.807, 2.05) is 19.1 Å². The molecule has 1 saturated heterocycles. The number of carbonyl (C=O) groups excluding carboxylic acids is 2. The molecule has 4 heterocycles. The molecule has 0 bridgehead atoms. The van der Waals surface area contributed by atoms with E-state index in [0.717, 1.165) is 36.9 Å². The summed E-state index contributed by atoms with van der Waals surface area (Å²) in [4.78, 5) is 46.8. The van der Waals surface area contributed by atoms with Crippen LogP contribution < -0.4 is 5.56 Å². The summed E-state index contributed by atoms with van der Waals surface area (Å²) in [5.74, 6) is -0.493. The number of phenolic OH excluding ortho intramolecular Hbond substituents is 1. The van der Waals surface area contributed by atoms with Crippen LogP contribution >= 0.6 is 0 Å². The zero-order chi connectivity index (χ0) is 25.0. The van der Waals surface area contributed by atoms with Gasteiger partial charge in [0.05, 0.1) is 29.9 Å². The standard InChI is InChI=1S/C28H29N3O5/c1-2-28(36-25(34)8-11-30-9-4-3-5-10-30)21-15-23-26-18(12-17-13-19(32)6-7-22(17)29-26)16-31(23)27(35)20(21)14-24(28)33/h6-7,12-13,15,32H,2-5,8-11,14,16H2,1H3. The highest BCUT2D eigenvalue weighted by Gasteiger charge is 2.50. The number of ether oxygens (including phenoxy) is 1. The number of hydrogen-bond donors (Lipinski definition) is 1. The maximum atomic E-state index is 13.5. The number of aromatic nitrogens is 2. The summed E-state index contributed by atoms with van der Waals surface area (Å²) in [6, 6.07) is 8.74. The van der Waals surface area contributed by atoms with Crippen LogP contribution in [0.4, 0.5) is 0 Å². The monoisotopic (exact) mass is 487 g/mol. The number of pyridine rings is 2. The predicted octanol–water partition coefficient (Wildman–Crippen LogP) is 3.28. The van der Waals surface area contributed by atoms with E-state index >= 15 is 0 Å². The number of likely N-dealkylation sites (tertiary alicyclic amines) is 1. The lowest BCUT2D eigenvalue weighted by molar-refractivity contribution is -0.168. The zero-order valence-electron chi connectivity index (χ0n) is 20.4. The van der Waals surface area contributed by atoms with E-state index < -0.39 is 11.6 Å². The maximum absolute atomic E-state index is 13.5. The third kappa shape index (κ3) is 3.54. The summed E-state index contributed by atoms with van der Waals surface area (Å²) >= 11 is 0. The quantitative estimate of drug-likeness (QED) is 0.431. The molecule has 1 aliphatic carbocycles. The van der Waals surface area contributed by atoms with Crippen molar-refractivity contribution in [3.63, 3.8) is 0 Å². The van der Waals surface area contributed by atoms with Crippen LogP contribution in [0.25, 0.3) is 22.3 Å². The Morgan fingerprint density at radius 1 is 1.14 bits per heavy atom. The molecule has 1 N–H and O–H groups in total. The number of benzene rings is 1. The number of ketones is 1. The first-order valence-electron chi connectivity index (χ1n) is 12.8. The van der Waals surface area contributed by atoms with Crippen LogP contribution in [0.3, 0.4) is 0 Å². The molecule has 6 rings (SSSR count). The van der Waals surface area contributed by atoms with Crippen LogP contribution in [0.2, 0.25) is 0 Å². The largest absolute Gasteiger partial charge is 0.508 e. The molecule has 0 amide bonds. The van der Waals surface area contributed by atoms with E-state index in [1.165, 1.54) is 6.42 Å². The number of carbonyl (C=O) groups is 2. The Kier molecular flexibility index (Phi) is 5.44. The fraction of sp³-hybridized carbons (Fsp3) is 0.429. The third-order valence-corrected chi connectivity index (χ3v) is 7.94. The van der Waals surface area contributed by atoms with Gasteiger partial charge in [0, 0.05) is 35.0 Å². The van der Waals surface area contributed by atoms with Gasteiger partial charge in [-0.15, -0.1) is 0 Å². The van der Waals surface area contributed by atoms with Gasteiger partial charge in [-0.1, -0.05) is 13.3 Å². The van der Waals surface area contributed by atoms with Crippen molar-refractivity contribution in [2.45, 2.75) is 57.6 Å². The van der Waals surface area contributed by atoms with Crippen LogP contribution in [0, 0.1) is 0 Å². The number of esters is 1. The Morgan fingerprint density at radius 2 is 1.94 bits per heavy atom. The van der Waals surface area contributed by atoms with Gasteiger partial charge >= 0.3 is 5.97 Å². The molecule has 1 atom stereocenters. The van der Waals surface area contributed by atoms with E-state index in [9.17, 15) is 19.5 Å². The minimum absolute atomic E-state index is 0.0404. The molecule has 0 spiro atoms. The number of nitrogens with zero attached hydrogens (tertiary/aromatic N) is 3. The Labute approximate surface area is 208 Å². The number of rotatable bonds is 5. The van der Waals surface area contributed by atoms with Crippen LogP contribution in [0.5, 0.6) is 5.75 Å². The molecular formula is C28H29N3O5. The fourth-order valence-corrected chi connectivity index (χ4v) is 6.00. The fourth-order valence-electron chi connectivity index (χ4n) is 6.00. The average molecular weight is 488 g/mol. The normalized spacial score (nSPS) is 20.9. The van der Waals surface area contributed by atoms with Crippen molar-refractivity contribution in [3.8, 4) is 17.1 Å². The van der Waals surface area contributed by atoms with Gasteiger partial charge in [0.1, 0.15) is 5.75 Å². The van der Waals surface area contributed by atoms with Gasteiger partial charge in [0.15, 0.2) is 11.4 Å². The molecule has 8 heteroatoms. The topological polar surface area (TPSA) is 102 Å². The number of hydrogen-bond acceptors (Lipinski definition) is 7. The second kappa shape index (κ2) is 8.55. The lowest BCUT2D eigenvalue weighted by Gasteiger charge is -2.29. The molecule has 2 aliphatic heterocycles. The summed E-state index contributed by atoms with van der Waals surface area (Å²) < 4.78 is 7.60. The summed E-state index contributed by atoms with van der Waals surface area (Å²) in [6.07, 6.45) is 3.95. The average Bonchev–Trinajstić information content (AvgIpc) is 3.37. The second-order valence-corrected chi connectivity index (χ2v) is 10.1. The lowest BCUT2D eigenvalue weighted by Crippen LogP contribution is -2.38. The Balaban J connectivity index is 1.36. The summed E-state index contributed by atoms with van der Waals surface area (Å²) in [5, 5.41) is 10.6. The second-order valence-electron chi connectivity index (χ2n) is 10.1. The van der Waals surface area contributed by atoms with E-state index in [2.05, 4.69) is 4.90 Å². The van der Waals surface area contributed by atoms with Gasteiger partial charge in [0.25, 0.3) is 5.56 Å². The minimum Gasteiger partial charge on any atom is -0.508 e. The van der Waals surface area contributed by atoms with Crippen molar-refractivity contribution < 1.29 is 19.4 Å². The van der Waals surface area contributed by atoms with E-state index in [1.54, 1.807) is 22.8 Å². The molecule has 2 aromatic heterocycles. The third-order valence-electron chi connectivity index (χ3n) is 7.94. The molecule has 8 nitrogen and oxygen atoms in total. The van der Waals surface area contributed by atoms with Gasteiger partial charge in [-0.05, 0) is 62.7 Å². The van der Waals surface area contributed by atoms with Crippen molar-refractivity contribution in [1.82, 2.24) is 14.5 Å². The first-order valence-corrected chi connectivity index (χ1v) is 12.8. The maximum Gasteiger partial charge on any atom is 0.308 e. The molecular weight excluding hydrogens is 458 g/mol. The first kappa shape index (κ1) is 22.9. The number of fused-ring (bicyclic) bond motifs is 5. The van der Waals surface area contributed by atoms with E-state index in [4.69, 9.17) is 9.72 Å². The molecule has 3 aromatic rings. The van der Waals surface area contributed by atoms with Crippen LogP contribution in [0.1, 0.15) is 55.7 Å². The first-order chi connectivity index (χ1) is 17.4. The minimum atomic E-state index is -1.44. The van der Waals surface area contributed by atoms with Crippen LogP contribution in [0.15, 0.2) is 35.1 Å². The number of piperidine rings is 1. The highest BCUT2D eigenvalue weighted by atomic mass is 16.6. The van der Waals surface area contributed by atoms with E-state index in [0.29, 0.717) is 41.1 Å². The van der Waals surface area contributed by atoms with Gasteiger partial charge in [0.2, 0.25) is 0 Å². The molecule has 36 heavy (non-hydrogen) atoms. The smallest absolute Gasteiger partial charge is 0.308 e.